The lowest BCUT2D eigenvalue weighted by Gasteiger charge is -2.14. The van der Waals surface area contributed by atoms with Gasteiger partial charge in [-0.2, -0.15) is 0 Å². The molecule has 2 N–H and O–H groups in total. The van der Waals surface area contributed by atoms with Gasteiger partial charge < -0.3 is 10.3 Å². The largest absolute Gasteiger partial charge is 0.399 e. The summed E-state index contributed by atoms with van der Waals surface area (Å²) in [6.07, 6.45) is 0. The highest BCUT2D eigenvalue weighted by Gasteiger charge is 2.21. The van der Waals surface area contributed by atoms with E-state index in [0.717, 1.165) is 0 Å². The van der Waals surface area contributed by atoms with Crippen LogP contribution in [0.5, 0.6) is 0 Å². The van der Waals surface area contributed by atoms with Crippen molar-refractivity contribution in [2.45, 2.75) is 6.92 Å². The Morgan fingerprint density at radius 2 is 2.21 bits per heavy atom. The predicted molar refractivity (Wildman–Crippen MR) is 60.7 cm³/mol. The Morgan fingerprint density at radius 1 is 1.57 bits per heavy atom. The van der Waals surface area contributed by atoms with Crippen molar-refractivity contribution < 1.29 is 9.09 Å². The zero-order chi connectivity index (χ0) is 10.8. The lowest BCUT2D eigenvalue weighted by molar-refractivity contribution is 0.345. The van der Waals surface area contributed by atoms with Crippen molar-refractivity contribution in [2.24, 2.45) is 0 Å². The molecule has 0 aliphatic carbocycles. The first-order chi connectivity index (χ1) is 6.47. The Labute approximate surface area is 88.7 Å². The van der Waals surface area contributed by atoms with E-state index in [-0.39, 0.29) is 0 Å². The minimum atomic E-state index is -2.79. The van der Waals surface area contributed by atoms with Gasteiger partial charge in [0.2, 0.25) is 7.37 Å². The Balaban J connectivity index is 3.13. The third-order valence-electron chi connectivity index (χ3n) is 1.78. The van der Waals surface area contributed by atoms with Crippen molar-refractivity contribution >= 4 is 30.0 Å². The van der Waals surface area contributed by atoms with Crippen LogP contribution >= 0.6 is 19.0 Å². The van der Waals surface area contributed by atoms with Crippen molar-refractivity contribution in [3.8, 4) is 0 Å². The maximum Gasteiger partial charge on any atom is 0.230 e. The predicted octanol–water partition coefficient (Wildman–Crippen LogP) is 2.49. The standard InChI is InChI=1S/C9H13ClNO2P/c1-3-13-14(2,12)9-5-4-7(11)6-8(9)10/h4-6H,3,11H2,1-2H3. The fourth-order valence-corrected chi connectivity index (χ4v) is 3.25. The summed E-state index contributed by atoms with van der Waals surface area (Å²) < 4.78 is 17.2. The van der Waals surface area contributed by atoms with Crippen LogP contribution in [0.15, 0.2) is 18.2 Å². The Hall–Kier alpha value is -0.500. The van der Waals surface area contributed by atoms with Gasteiger partial charge in [0.05, 0.1) is 16.9 Å². The summed E-state index contributed by atoms with van der Waals surface area (Å²) in [6.45, 7) is 3.74. The molecule has 0 amide bonds. The van der Waals surface area contributed by atoms with E-state index in [1.807, 2.05) is 0 Å². The van der Waals surface area contributed by atoms with Crippen LogP contribution < -0.4 is 11.0 Å². The number of hydrogen-bond donors (Lipinski definition) is 1. The third-order valence-corrected chi connectivity index (χ3v) is 4.25. The summed E-state index contributed by atoms with van der Waals surface area (Å²) in [7, 11) is -2.79. The van der Waals surface area contributed by atoms with Crippen molar-refractivity contribution in [3.05, 3.63) is 23.2 Å². The van der Waals surface area contributed by atoms with Crippen LogP contribution in [-0.4, -0.2) is 13.3 Å². The van der Waals surface area contributed by atoms with E-state index < -0.39 is 7.37 Å². The summed E-state index contributed by atoms with van der Waals surface area (Å²) >= 11 is 5.92. The van der Waals surface area contributed by atoms with Crippen LogP contribution in [0, 0.1) is 0 Å². The Morgan fingerprint density at radius 3 is 2.71 bits per heavy atom. The average Bonchev–Trinajstić information content (AvgIpc) is 2.02. The highest BCUT2D eigenvalue weighted by Crippen LogP contribution is 2.43. The van der Waals surface area contributed by atoms with Gasteiger partial charge >= 0.3 is 0 Å². The molecule has 0 aliphatic heterocycles. The summed E-state index contributed by atoms with van der Waals surface area (Å²) in [5, 5.41) is 0.916. The molecule has 0 aliphatic rings. The number of nitrogen functional groups attached to an aromatic ring is 1. The van der Waals surface area contributed by atoms with Crippen LogP contribution in [0.25, 0.3) is 0 Å². The van der Waals surface area contributed by atoms with Gasteiger partial charge in [0.1, 0.15) is 0 Å². The Bertz CT molecular complexity index is 381. The van der Waals surface area contributed by atoms with Gasteiger partial charge in [-0.3, -0.25) is 4.57 Å². The molecule has 1 unspecified atom stereocenters. The molecule has 0 fully saturated rings. The van der Waals surface area contributed by atoms with Crippen molar-refractivity contribution in [3.63, 3.8) is 0 Å². The van der Waals surface area contributed by atoms with Gasteiger partial charge in [-0.1, -0.05) is 11.6 Å². The number of rotatable bonds is 3. The zero-order valence-corrected chi connectivity index (χ0v) is 9.81. The molecule has 14 heavy (non-hydrogen) atoms. The monoisotopic (exact) mass is 233 g/mol. The Kier molecular flexibility index (Phi) is 3.59. The molecule has 78 valence electrons. The molecule has 0 heterocycles. The van der Waals surface area contributed by atoms with Gasteiger partial charge in [0.15, 0.2) is 0 Å². The summed E-state index contributed by atoms with van der Waals surface area (Å²) in [4.78, 5) is 0. The number of halogens is 1. The first kappa shape index (κ1) is 11.6. The fourth-order valence-electron chi connectivity index (χ4n) is 1.17. The summed E-state index contributed by atoms with van der Waals surface area (Å²) in [6, 6.07) is 4.89. The van der Waals surface area contributed by atoms with Gasteiger partial charge in [0.25, 0.3) is 0 Å². The highest BCUT2D eigenvalue weighted by molar-refractivity contribution is 7.66. The van der Waals surface area contributed by atoms with E-state index in [1.165, 1.54) is 0 Å². The van der Waals surface area contributed by atoms with Crippen LogP contribution in [-0.2, 0) is 9.09 Å². The molecule has 1 aromatic rings. The molecule has 0 radical (unpaired) electrons. The molecule has 1 atom stereocenters. The van der Waals surface area contributed by atoms with Gasteiger partial charge in [-0.25, -0.2) is 0 Å². The minimum Gasteiger partial charge on any atom is -0.399 e. The first-order valence-electron chi connectivity index (χ1n) is 4.25. The molecule has 0 bridgehead atoms. The quantitative estimate of drug-likeness (QED) is 0.645. The molecule has 0 saturated heterocycles. The number of anilines is 1. The second-order valence-corrected chi connectivity index (χ2v) is 5.81. The lowest BCUT2D eigenvalue weighted by Crippen LogP contribution is -2.08. The van der Waals surface area contributed by atoms with E-state index in [1.54, 1.807) is 31.8 Å². The zero-order valence-electron chi connectivity index (χ0n) is 8.16. The lowest BCUT2D eigenvalue weighted by atomic mass is 10.3. The van der Waals surface area contributed by atoms with E-state index in [9.17, 15) is 4.57 Å². The van der Waals surface area contributed by atoms with Crippen molar-refractivity contribution in [2.75, 3.05) is 19.0 Å². The van der Waals surface area contributed by atoms with E-state index in [2.05, 4.69) is 0 Å². The van der Waals surface area contributed by atoms with Crippen LogP contribution in [0.4, 0.5) is 5.69 Å². The smallest absolute Gasteiger partial charge is 0.230 e. The number of nitrogens with two attached hydrogens (primary N) is 1. The fraction of sp³-hybridized carbons (Fsp3) is 0.333. The molecule has 0 aromatic heterocycles. The maximum atomic E-state index is 12.0. The summed E-state index contributed by atoms with van der Waals surface area (Å²) in [5.41, 5.74) is 6.08. The van der Waals surface area contributed by atoms with Gasteiger partial charge in [-0.05, 0) is 25.1 Å². The molecule has 1 aromatic carbocycles. The van der Waals surface area contributed by atoms with Gasteiger partial charge in [0, 0.05) is 12.4 Å². The van der Waals surface area contributed by atoms with Crippen LogP contribution in [0.2, 0.25) is 5.02 Å². The van der Waals surface area contributed by atoms with Crippen LogP contribution in [0.1, 0.15) is 6.92 Å². The highest BCUT2D eigenvalue weighted by atomic mass is 35.5. The third kappa shape index (κ3) is 2.50. The second-order valence-electron chi connectivity index (χ2n) is 2.97. The SMILES string of the molecule is CCOP(C)(=O)c1ccc(N)cc1Cl. The van der Waals surface area contributed by atoms with Crippen molar-refractivity contribution in [1.29, 1.82) is 0 Å². The summed E-state index contributed by atoms with van der Waals surface area (Å²) in [5.74, 6) is 0. The van der Waals surface area contributed by atoms with E-state index in [4.69, 9.17) is 21.9 Å². The molecular weight excluding hydrogens is 221 g/mol. The normalized spacial score (nSPS) is 15.1. The molecule has 5 heteroatoms. The second kappa shape index (κ2) is 4.35. The molecular formula is C9H13ClNO2P. The number of hydrogen-bond acceptors (Lipinski definition) is 3. The van der Waals surface area contributed by atoms with Crippen molar-refractivity contribution in [1.82, 2.24) is 0 Å². The molecule has 1 rings (SSSR count). The maximum absolute atomic E-state index is 12.0. The molecule has 3 nitrogen and oxygen atoms in total. The first-order valence-corrected chi connectivity index (χ1v) is 6.70. The number of benzene rings is 1. The van der Waals surface area contributed by atoms with Gasteiger partial charge in [-0.15, -0.1) is 0 Å². The topological polar surface area (TPSA) is 52.3 Å². The molecule has 0 spiro atoms. The minimum absolute atomic E-state index is 0.393. The molecule has 0 saturated carbocycles. The van der Waals surface area contributed by atoms with E-state index >= 15 is 0 Å². The van der Waals surface area contributed by atoms with Crippen LogP contribution in [0.3, 0.4) is 0 Å². The van der Waals surface area contributed by atoms with E-state index in [0.29, 0.717) is 22.6 Å². The average molecular weight is 234 g/mol.